The van der Waals surface area contributed by atoms with Gasteiger partial charge >= 0.3 is 5.97 Å². The average Bonchev–Trinajstić information content (AvgIpc) is 3.24. The van der Waals surface area contributed by atoms with Crippen LogP contribution in [0.1, 0.15) is 24.3 Å². The van der Waals surface area contributed by atoms with E-state index in [0.29, 0.717) is 12.1 Å². The molecule has 5 nitrogen and oxygen atoms in total. The van der Waals surface area contributed by atoms with Crippen molar-refractivity contribution in [1.29, 1.82) is 0 Å². The summed E-state index contributed by atoms with van der Waals surface area (Å²) in [6.45, 7) is 2.26. The van der Waals surface area contributed by atoms with E-state index < -0.39 is 5.97 Å². The van der Waals surface area contributed by atoms with Gasteiger partial charge in [0.25, 0.3) is 0 Å². The summed E-state index contributed by atoms with van der Waals surface area (Å²) in [6.07, 6.45) is 9.34. The molecule has 0 spiro atoms. The standard InChI is InChI=1S/C19H22N2O3/c1-20-10-4-8-17(20)16(18-9-5-13-24-18)7-3-12-21-11-2-6-15(14-21)19(22)23/h4-10,13H,2-3,11-12,14H2,1H3,(H,22,23). The molecule has 0 aliphatic carbocycles. The molecule has 0 unspecified atom stereocenters. The van der Waals surface area contributed by atoms with E-state index in [1.165, 1.54) is 0 Å². The first-order chi connectivity index (χ1) is 11.6. The number of aliphatic carboxylic acids is 1. The van der Waals surface area contributed by atoms with Crippen LogP contribution in [0.3, 0.4) is 0 Å². The first-order valence-corrected chi connectivity index (χ1v) is 8.15. The zero-order chi connectivity index (χ0) is 16.9. The van der Waals surface area contributed by atoms with Crippen LogP contribution in [0.25, 0.3) is 5.57 Å². The quantitative estimate of drug-likeness (QED) is 0.886. The summed E-state index contributed by atoms with van der Waals surface area (Å²) in [5.74, 6) is 0.0388. The normalized spacial score (nSPS) is 16.2. The minimum atomic E-state index is -0.810. The van der Waals surface area contributed by atoms with Crippen LogP contribution in [0, 0.1) is 0 Å². The molecule has 0 aromatic carbocycles. The summed E-state index contributed by atoms with van der Waals surface area (Å²) in [5.41, 5.74) is 2.67. The summed E-state index contributed by atoms with van der Waals surface area (Å²) in [7, 11) is 2.01. The number of nitrogens with zero attached hydrogens (tertiary/aromatic N) is 2. The fraction of sp³-hybridized carbons (Fsp3) is 0.316. The van der Waals surface area contributed by atoms with Crippen molar-refractivity contribution < 1.29 is 14.3 Å². The predicted octanol–water partition coefficient (Wildman–Crippen LogP) is 3.16. The lowest BCUT2D eigenvalue weighted by atomic mass is 10.1. The number of furan rings is 1. The molecular weight excluding hydrogens is 304 g/mol. The van der Waals surface area contributed by atoms with Crippen LogP contribution in [0.4, 0.5) is 0 Å². The Morgan fingerprint density at radius 1 is 1.38 bits per heavy atom. The second-order valence-electron chi connectivity index (χ2n) is 5.99. The van der Waals surface area contributed by atoms with Crippen LogP contribution in [0.15, 0.2) is 58.9 Å². The molecule has 1 aliphatic rings. The van der Waals surface area contributed by atoms with Gasteiger partial charge in [-0.1, -0.05) is 12.2 Å². The lowest BCUT2D eigenvalue weighted by Crippen LogP contribution is -2.32. The van der Waals surface area contributed by atoms with E-state index in [1.54, 1.807) is 6.26 Å². The number of hydrogen-bond acceptors (Lipinski definition) is 3. The molecule has 3 rings (SSSR count). The first-order valence-electron chi connectivity index (χ1n) is 8.15. The number of aromatic nitrogens is 1. The van der Waals surface area contributed by atoms with Crippen molar-refractivity contribution in [3.8, 4) is 0 Å². The highest BCUT2D eigenvalue weighted by atomic mass is 16.4. The summed E-state index contributed by atoms with van der Waals surface area (Å²) in [4.78, 5) is 13.3. The number of carbonyl (C=O) groups is 1. The van der Waals surface area contributed by atoms with Crippen molar-refractivity contribution in [2.75, 3.05) is 19.6 Å². The van der Waals surface area contributed by atoms with Gasteiger partial charge in [-0.05, 0) is 37.1 Å². The third kappa shape index (κ3) is 3.68. The Bertz CT molecular complexity index is 753. The molecule has 1 aliphatic heterocycles. The van der Waals surface area contributed by atoms with Crippen molar-refractivity contribution in [2.45, 2.75) is 12.8 Å². The van der Waals surface area contributed by atoms with Gasteiger partial charge in [0, 0.05) is 44.0 Å². The van der Waals surface area contributed by atoms with Crippen molar-refractivity contribution >= 4 is 11.5 Å². The predicted molar refractivity (Wildman–Crippen MR) is 92.6 cm³/mol. The first kappa shape index (κ1) is 16.3. The molecule has 5 heteroatoms. The fourth-order valence-corrected chi connectivity index (χ4v) is 3.05. The smallest absolute Gasteiger partial charge is 0.332 e. The van der Waals surface area contributed by atoms with Gasteiger partial charge in [-0.2, -0.15) is 0 Å². The molecule has 0 bridgehead atoms. The second-order valence-corrected chi connectivity index (χ2v) is 5.99. The Morgan fingerprint density at radius 3 is 2.92 bits per heavy atom. The highest BCUT2D eigenvalue weighted by Gasteiger charge is 2.17. The Hall–Kier alpha value is -2.53. The van der Waals surface area contributed by atoms with E-state index in [2.05, 4.69) is 21.6 Å². The number of hydrogen-bond donors (Lipinski definition) is 1. The van der Waals surface area contributed by atoms with Crippen LogP contribution in [-0.2, 0) is 11.8 Å². The summed E-state index contributed by atoms with van der Waals surface area (Å²) >= 11 is 0. The van der Waals surface area contributed by atoms with Gasteiger partial charge in [-0.15, -0.1) is 0 Å². The Kier molecular flexibility index (Phi) is 5.01. The lowest BCUT2D eigenvalue weighted by Gasteiger charge is -2.25. The van der Waals surface area contributed by atoms with E-state index in [-0.39, 0.29) is 0 Å². The van der Waals surface area contributed by atoms with Gasteiger partial charge in [0.15, 0.2) is 0 Å². The largest absolute Gasteiger partial charge is 0.478 e. The Morgan fingerprint density at radius 2 is 2.25 bits per heavy atom. The molecule has 0 atom stereocenters. The molecule has 2 aromatic heterocycles. The maximum atomic E-state index is 11.1. The van der Waals surface area contributed by atoms with Crippen molar-refractivity contribution in [3.05, 3.63) is 65.9 Å². The zero-order valence-electron chi connectivity index (χ0n) is 13.8. The van der Waals surface area contributed by atoms with Crippen molar-refractivity contribution in [2.24, 2.45) is 7.05 Å². The summed E-state index contributed by atoms with van der Waals surface area (Å²) < 4.78 is 7.65. The molecule has 126 valence electrons. The van der Waals surface area contributed by atoms with Crippen molar-refractivity contribution in [1.82, 2.24) is 9.47 Å². The maximum Gasteiger partial charge on any atom is 0.332 e. The molecule has 0 amide bonds. The maximum absolute atomic E-state index is 11.1. The summed E-state index contributed by atoms with van der Waals surface area (Å²) in [5, 5.41) is 9.13. The van der Waals surface area contributed by atoms with Gasteiger partial charge in [0.2, 0.25) is 0 Å². The fourth-order valence-electron chi connectivity index (χ4n) is 3.05. The number of carboxylic acid groups (broad SMARTS) is 1. The second kappa shape index (κ2) is 7.36. The zero-order valence-corrected chi connectivity index (χ0v) is 13.8. The molecule has 0 saturated heterocycles. The number of rotatable bonds is 6. The monoisotopic (exact) mass is 326 g/mol. The number of aryl methyl sites for hydroxylation is 1. The average molecular weight is 326 g/mol. The molecule has 1 N–H and O–H groups in total. The molecule has 0 radical (unpaired) electrons. The molecule has 2 aromatic rings. The van der Waals surface area contributed by atoms with Gasteiger partial charge in [0.05, 0.1) is 12.0 Å². The molecule has 3 heterocycles. The van der Waals surface area contributed by atoms with E-state index in [4.69, 9.17) is 9.52 Å². The van der Waals surface area contributed by atoms with E-state index in [9.17, 15) is 4.79 Å². The van der Waals surface area contributed by atoms with Crippen LogP contribution >= 0.6 is 0 Å². The minimum Gasteiger partial charge on any atom is -0.478 e. The third-order valence-corrected chi connectivity index (χ3v) is 4.30. The van der Waals surface area contributed by atoms with Gasteiger partial charge in [0.1, 0.15) is 5.76 Å². The molecule has 24 heavy (non-hydrogen) atoms. The Labute approximate surface area is 141 Å². The van der Waals surface area contributed by atoms with Crippen LogP contribution < -0.4 is 0 Å². The Balaban J connectivity index is 1.70. The third-order valence-electron chi connectivity index (χ3n) is 4.30. The van der Waals surface area contributed by atoms with E-state index >= 15 is 0 Å². The van der Waals surface area contributed by atoms with Crippen LogP contribution in [0.2, 0.25) is 0 Å². The summed E-state index contributed by atoms with van der Waals surface area (Å²) in [6, 6.07) is 7.94. The van der Waals surface area contributed by atoms with Gasteiger partial charge in [-0.3, -0.25) is 4.90 Å². The molecule has 0 fully saturated rings. The highest BCUT2D eigenvalue weighted by Crippen LogP contribution is 2.24. The minimum absolute atomic E-state index is 0.499. The van der Waals surface area contributed by atoms with Crippen molar-refractivity contribution in [3.63, 3.8) is 0 Å². The van der Waals surface area contributed by atoms with Crippen LogP contribution in [-0.4, -0.2) is 40.2 Å². The topological polar surface area (TPSA) is 58.6 Å². The lowest BCUT2D eigenvalue weighted by molar-refractivity contribution is -0.133. The van der Waals surface area contributed by atoms with Gasteiger partial charge < -0.3 is 14.1 Å². The highest BCUT2D eigenvalue weighted by molar-refractivity contribution is 5.87. The van der Waals surface area contributed by atoms with E-state index in [0.717, 1.165) is 43.0 Å². The molecular formula is C19H22N2O3. The van der Waals surface area contributed by atoms with Crippen LogP contribution in [0.5, 0.6) is 0 Å². The molecule has 0 saturated carbocycles. The van der Waals surface area contributed by atoms with E-state index in [1.807, 2.05) is 37.5 Å². The van der Waals surface area contributed by atoms with Gasteiger partial charge in [-0.25, -0.2) is 4.79 Å². The number of carboxylic acids is 1. The SMILES string of the molecule is Cn1cccc1C(=CCCN1CCC=C(C(=O)O)C1)c1ccco1.